The molecule has 82 valence electrons. The van der Waals surface area contributed by atoms with Crippen molar-refractivity contribution >= 4 is 39.2 Å². The van der Waals surface area contributed by atoms with Crippen LogP contribution < -0.4 is 5.32 Å². The molecular formula is C11H9BrClN3. The van der Waals surface area contributed by atoms with Gasteiger partial charge in [-0.25, -0.2) is 4.98 Å². The highest BCUT2D eigenvalue weighted by Crippen LogP contribution is 2.21. The molecule has 1 heterocycles. The number of hydrogen-bond acceptors (Lipinski definition) is 3. The number of rotatable bonds is 2. The largest absolute Gasteiger partial charge is 0.324 e. The van der Waals surface area contributed by atoms with E-state index in [1.807, 2.05) is 31.2 Å². The van der Waals surface area contributed by atoms with Crippen molar-refractivity contribution in [2.45, 2.75) is 6.92 Å². The Hall–Kier alpha value is -1.13. The molecule has 3 nitrogen and oxygen atoms in total. The lowest BCUT2D eigenvalue weighted by atomic mass is 10.2. The van der Waals surface area contributed by atoms with Gasteiger partial charge < -0.3 is 5.32 Å². The Balaban J connectivity index is 2.24. The van der Waals surface area contributed by atoms with Gasteiger partial charge in [0.15, 0.2) is 0 Å². The van der Waals surface area contributed by atoms with Crippen molar-refractivity contribution in [3.8, 4) is 0 Å². The van der Waals surface area contributed by atoms with Crippen LogP contribution in [0.25, 0.3) is 0 Å². The normalized spacial score (nSPS) is 10.2. The van der Waals surface area contributed by atoms with E-state index in [1.54, 1.807) is 6.20 Å². The van der Waals surface area contributed by atoms with Gasteiger partial charge in [0.25, 0.3) is 0 Å². The van der Waals surface area contributed by atoms with Crippen LogP contribution >= 0.6 is 27.5 Å². The molecule has 0 radical (unpaired) electrons. The lowest BCUT2D eigenvalue weighted by Gasteiger charge is -2.05. The van der Waals surface area contributed by atoms with Gasteiger partial charge in [-0.3, -0.25) is 0 Å². The SMILES string of the molecule is Cc1cccc(Nc2ncc(Br)c(Cl)n2)c1. The summed E-state index contributed by atoms with van der Waals surface area (Å²) in [5.74, 6) is 0.485. The second-order valence-corrected chi connectivity index (χ2v) is 4.54. The summed E-state index contributed by atoms with van der Waals surface area (Å²) in [6.07, 6.45) is 1.62. The van der Waals surface area contributed by atoms with Crippen LogP contribution in [-0.2, 0) is 0 Å². The lowest BCUT2D eigenvalue weighted by Crippen LogP contribution is -1.97. The highest BCUT2D eigenvalue weighted by Gasteiger charge is 2.02. The maximum absolute atomic E-state index is 5.87. The lowest BCUT2D eigenvalue weighted by molar-refractivity contribution is 1.15. The van der Waals surface area contributed by atoms with Crippen LogP contribution in [-0.4, -0.2) is 9.97 Å². The number of anilines is 2. The van der Waals surface area contributed by atoms with Gasteiger partial charge in [0.05, 0.1) is 4.47 Å². The molecule has 0 fully saturated rings. The molecule has 1 aromatic carbocycles. The zero-order valence-electron chi connectivity index (χ0n) is 8.54. The molecule has 0 saturated carbocycles. The Kier molecular flexibility index (Phi) is 3.41. The van der Waals surface area contributed by atoms with Gasteiger partial charge in [0, 0.05) is 11.9 Å². The summed E-state index contributed by atoms with van der Waals surface area (Å²) in [5, 5.41) is 3.48. The second kappa shape index (κ2) is 4.80. The topological polar surface area (TPSA) is 37.8 Å². The summed E-state index contributed by atoms with van der Waals surface area (Å²) < 4.78 is 0.684. The minimum Gasteiger partial charge on any atom is -0.324 e. The minimum atomic E-state index is 0.394. The number of nitrogens with zero attached hydrogens (tertiary/aromatic N) is 2. The molecule has 0 amide bonds. The predicted octanol–water partition coefficient (Wildman–Crippen LogP) is 3.94. The zero-order chi connectivity index (χ0) is 11.5. The molecule has 16 heavy (non-hydrogen) atoms. The summed E-state index contributed by atoms with van der Waals surface area (Å²) in [6, 6.07) is 7.96. The number of hydrogen-bond donors (Lipinski definition) is 1. The third kappa shape index (κ3) is 2.71. The molecule has 0 bridgehead atoms. The van der Waals surface area contributed by atoms with Crippen molar-refractivity contribution in [2.75, 3.05) is 5.32 Å². The van der Waals surface area contributed by atoms with Gasteiger partial charge in [0.2, 0.25) is 5.95 Å². The van der Waals surface area contributed by atoms with Gasteiger partial charge in [0.1, 0.15) is 5.15 Å². The number of aryl methyl sites for hydroxylation is 1. The first-order valence-corrected chi connectivity index (χ1v) is 5.84. The number of aromatic nitrogens is 2. The van der Waals surface area contributed by atoms with Gasteiger partial charge >= 0.3 is 0 Å². The van der Waals surface area contributed by atoms with Gasteiger partial charge in [-0.15, -0.1) is 0 Å². The summed E-state index contributed by atoms with van der Waals surface area (Å²) in [4.78, 5) is 8.20. The monoisotopic (exact) mass is 297 g/mol. The van der Waals surface area contributed by atoms with E-state index in [2.05, 4.69) is 31.2 Å². The van der Waals surface area contributed by atoms with Crippen molar-refractivity contribution in [1.29, 1.82) is 0 Å². The fraction of sp³-hybridized carbons (Fsp3) is 0.0909. The van der Waals surface area contributed by atoms with E-state index in [4.69, 9.17) is 11.6 Å². The van der Waals surface area contributed by atoms with E-state index in [0.717, 1.165) is 5.69 Å². The number of benzene rings is 1. The first kappa shape index (κ1) is 11.4. The van der Waals surface area contributed by atoms with Gasteiger partial charge in [-0.1, -0.05) is 23.7 Å². The molecule has 0 atom stereocenters. The summed E-state index contributed by atoms with van der Waals surface area (Å²) in [5.41, 5.74) is 2.12. The highest BCUT2D eigenvalue weighted by molar-refractivity contribution is 9.10. The predicted molar refractivity (Wildman–Crippen MR) is 69.2 cm³/mol. The van der Waals surface area contributed by atoms with Gasteiger partial charge in [-0.05, 0) is 40.5 Å². The first-order valence-electron chi connectivity index (χ1n) is 4.67. The molecule has 0 aliphatic heterocycles. The average molecular weight is 299 g/mol. The zero-order valence-corrected chi connectivity index (χ0v) is 10.9. The molecule has 0 unspecified atom stereocenters. The van der Waals surface area contributed by atoms with E-state index in [1.165, 1.54) is 5.56 Å². The minimum absolute atomic E-state index is 0.394. The standard InChI is InChI=1S/C11H9BrClN3/c1-7-3-2-4-8(5-7)15-11-14-6-9(12)10(13)16-11/h2-6H,1H3,(H,14,15,16). The van der Waals surface area contributed by atoms with E-state index in [0.29, 0.717) is 15.6 Å². The summed E-state index contributed by atoms with van der Waals surface area (Å²) >= 11 is 9.12. The quantitative estimate of drug-likeness (QED) is 0.853. The fourth-order valence-corrected chi connectivity index (χ4v) is 1.58. The summed E-state index contributed by atoms with van der Waals surface area (Å²) in [7, 11) is 0. The molecule has 5 heteroatoms. The Morgan fingerprint density at radius 1 is 1.38 bits per heavy atom. The van der Waals surface area contributed by atoms with Crippen LogP contribution in [0.1, 0.15) is 5.56 Å². The van der Waals surface area contributed by atoms with Crippen molar-refractivity contribution in [3.05, 3.63) is 45.7 Å². The van der Waals surface area contributed by atoms with Crippen molar-refractivity contribution in [1.82, 2.24) is 9.97 Å². The maximum atomic E-state index is 5.87. The van der Waals surface area contributed by atoms with Crippen LogP contribution in [0.4, 0.5) is 11.6 Å². The van der Waals surface area contributed by atoms with E-state index < -0.39 is 0 Å². The fourth-order valence-electron chi connectivity index (χ4n) is 1.26. The van der Waals surface area contributed by atoms with Crippen LogP contribution in [0.2, 0.25) is 5.15 Å². The average Bonchev–Trinajstić information content (AvgIpc) is 2.24. The van der Waals surface area contributed by atoms with Gasteiger partial charge in [-0.2, -0.15) is 4.98 Å². The van der Waals surface area contributed by atoms with Crippen LogP contribution in [0.15, 0.2) is 34.9 Å². The van der Waals surface area contributed by atoms with Crippen molar-refractivity contribution < 1.29 is 0 Å². The molecule has 0 aliphatic carbocycles. The van der Waals surface area contributed by atoms with Crippen LogP contribution in [0, 0.1) is 6.92 Å². The Bertz CT molecular complexity index is 516. The van der Waals surface area contributed by atoms with E-state index >= 15 is 0 Å². The Morgan fingerprint density at radius 3 is 2.88 bits per heavy atom. The van der Waals surface area contributed by atoms with E-state index in [-0.39, 0.29) is 0 Å². The van der Waals surface area contributed by atoms with Crippen LogP contribution in [0.3, 0.4) is 0 Å². The maximum Gasteiger partial charge on any atom is 0.228 e. The molecule has 1 aromatic heterocycles. The number of nitrogens with one attached hydrogen (secondary N) is 1. The first-order chi connectivity index (χ1) is 7.65. The Labute approximate surface area is 107 Å². The van der Waals surface area contributed by atoms with Crippen LogP contribution in [0.5, 0.6) is 0 Å². The third-order valence-corrected chi connectivity index (χ3v) is 3.07. The third-order valence-electron chi connectivity index (χ3n) is 1.98. The van der Waals surface area contributed by atoms with E-state index in [9.17, 15) is 0 Å². The van der Waals surface area contributed by atoms with Crippen molar-refractivity contribution in [2.24, 2.45) is 0 Å². The molecule has 1 N–H and O–H groups in total. The summed E-state index contributed by atoms with van der Waals surface area (Å²) in [6.45, 7) is 2.03. The molecule has 0 spiro atoms. The second-order valence-electron chi connectivity index (χ2n) is 3.33. The molecule has 2 rings (SSSR count). The van der Waals surface area contributed by atoms with Crippen molar-refractivity contribution in [3.63, 3.8) is 0 Å². The Morgan fingerprint density at radius 2 is 2.19 bits per heavy atom. The molecular weight excluding hydrogens is 289 g/mol. The molecule has 2 aromatic rings. The molecule has 0 aliphatic rings. The highest BCUT2D eigenvalue weighted by atomic mass is 79.9. The number of halogens is 2. The molecule has 0 saturated heterocycles. The smallest absolute Gasteiger partial charge is 0.228 e.